The van der Waals surface area contributed by atoms with Crippen molar-refractivity contribution in [2.24, 2.45) is 35.3 Å². The largest absolute Gasteiger partial charge is 0.368 e. The van der Waals surface area contributed by atoms with Crippen molar-refractivity contribution >= 4 is 5.91 Å². The van der Waals surface area contributed by atoms with Gasteiger partial charge in [-0.3, -0.25) is 4.79 Å². The number of nitrogens with two attached hydrogens (primary N) is 1. The molecule has 17 heavy (non-hydrogen) atoms. The van der Waals surface area contributed by atoms with E-state index in [0.29, 0.717) is 0 Å². The van der Waals surface area contributed by atoms with Crippen molar-refractivity contribution in [1.82, 2.24) is 5.32 Å². The minimum atomic E-state index is -0.228. The summed E-state index contributed by atoms with van der Waals surface area (Å²) in [6.07, 6.45) is 7.30. The quantitative estimate of drug-likeness (QED) is 0.777. The van der Waals surface area contributed by atoms with Crippen molar-refractivity contribution in [2.75, 3.05) is 6.54 Å². The van der Waals surface area contributed by atoms with Crippen LogP contribution in [0.3, 0.4) is 0 Å². The van der Waals surface area contributed by atoms with Gasteiger partial charge in [0.2, 0.25) is 5.91 Å². The smallest absolute Gasteiger partial charge is 0.234 e. The summed E-state index contributed by atoms with van der Waals surface area (Å²) in [5, 5.41) is 3.34. The van der Waals surface area contributed by atoms with Gasteiger partial charge in [-0.2, -0.15) is 0 Å². The molecule has 96 valence electrons. The van der Waals surface area contributed by atoms with E-state index in [-0.39, 0.29) is 11.9 Å². The van der Waals surface area contributed by atoms with Gasteiger partial charge >= 0.3 is 0 Å². The summed E-state index contributed by atoms with van der Waals surface area (Å²) >= 11 is 0. The molecule has 0 aromatic carbocycles. The lowest BCUT2D eigenvalue weighted by Gasteiger charge is -2.54. The maximum Gasteiger partial charge on any atom is 0.234 e. The molecule has 3 nitrogen and oxygen atoms in total. The fourth-order valence-electron chi connectivity index (χ4n) is 4.78. The van der Waals surface area contributed by atoms with E-state index in [0.717, 1.165) is 36.1 Å². The highest BCUT2D eigenvalue weighted by Crippen LogP contribution is 2.56. The maximum atomic E-state index is 11.0. The molecule has 4 aliphatic carbocycles. The predicted molar refractivity (Wildman–Crippen MR) is 67.2 cm³/mol. The average molecular weight is 236 g/mol. The molecule has 3 heteroatoms. The topological polar surface area (TPSA) is 55.1 Å². The van der Waals surface area contributed by atoms with Crippen LogP contribution in [0.15, 0.2) is 0 Å². The summed E-state index contributed by atoms with van der Waals surface area (Å²) < 4.78 is 0. The van der Waals surface area contributed by atoms with Gasteiger partial charge in [-0.1, -0.05) is 0 Å². The van der Waals surface area contributed by atoms with E-state index in [1.807, 2.05) is 6.92 Å². The van der Waals surface area contributed by atoms with Gasteiger partial charge in [0.15, 0.2) is 0 Å². The maximum absolute atomic E-state index is 11.0. The highest BCUT2D eigenvalue weighted by Gasteiger charge is 2.47. The molecule has 0 saturated heterocycles. The van der Waals surface area contributed by atoms with E-state index < -0.39 is 0 Å². The van der Waals surface area contributed by atoms with E-state index in [9.17, 15) is 4.79 Å². The van der Waals surface area contributed by atoms with E-state index in [1.165, 1.54) is 32.1 Å². The second kappa shape index (κ2) is 4.27. The third-order valence-corrected chi connectivity index (χ3v) is 5.51. The minimum Gasteiger partial charge on any atom is -0.368 e. The first-order chi connectivity index (χ1) is 8.13. The predicted octanol–water partition coefficient (Wildman–Crippen LogP) is 1.52. The van der Waals surface area contributed by atoms with Crippen molar-refractivity contribution < 1.29 is 4.79 Å². The van der Waals surface area contributed by atoms with Gasteiger partial charge in [-0.25, -0.2) is 0 Å². The van der Waals surface area contributed by atoms with Crippen LogP contribution in [-0.2, 0) is 4.79 Å². The highest BCUT2D eigenvalue weighted by molar-refractivity contribution is 5.79. The lowest BCUT2D eigenvalue weighted by atomic mass is 9.52. The van der Waals surface area contributed by atoms with Gasteiger partial charge in [0.05, 0.1) is 6.04 Å². The summed E-state index contributed by atoms with van der Waals surface area (Å²) in [5.74, 6) is 4.50. The molecule has 0 spiro atoms. The Bertz CT molecular complexity index is 287. The molecule has 4 fully saturated rings. The van der Waals surface area contributed by atoms with Gasteiger partial charge in [0.25, 0.3) is 0 Å². The summed E-state index contributed by atoms with van der Waals surface area (Å²) in [6.45, 7) is 2.87. The first-order valence-electron chi connectivity index (χ1n) is 7.16. The van der Waals surface area contributed by atoms with Crippen LogP contribution in [0.5, 0.6) is 0 Å². The van der Waals surface area contributed by atoms with Crippen LogP contribution in [0.25, 0.3) is 0 Å². The third kappa shape index (κ3) is 2.10. The average Bonchev–Trinajstić information content (AvgIpc) is 2.26. The molecule has 1 atom stereocenters. The molecule has 4 aliphatic rings. The van der Waals surface area contributed by atoms with Crippen LogP contribution in [0.1, 0.15) is 39.0 Å². The number of hydrogen-bond donors (Lipinski definition) is 2. The van der Waals surface area contributed by atoms with Crippen molar-refractivity contribution in [3.8, 4) is 0 Å². The Morgan fingerprint density at radius 3 is 2.18 bits per heavy atom. The SMILES string of the molecule is CC(NCC1C2CC3CC(C2)CC1C3)C(N)=O. The molecular weight excluding hydrogens is 212 g/mol. The zero-order chi connectivity index (χ0) is 12.0. The molecule has 3 N–H and O–H groups in total. The zero-order valence-electron chi connectivity index (χ0n) is 10.7. The molecular formula is C14H24N2O. The number of amides is 1. The number of carbonyl (C=O) groups excluding carboxylic acids is 1. The fraction of sp³-hybridized carbons (Fsp3) is 0.929. The zero-order valence-corrected chi connectivity index (χ0v) is 10.7. The van der Waals surface area contributed by atoms with Crippen molar-refractivity contribution in [3.63, 3.8) is 0 Å². The van der Waals surface area contributed by atoms with Crippen LogP contribution in [0.2, 0.25) is 0 Å². The van der Waals surface area contributed by atoms with E-state index in [2.05, 4.69) is 5.32 Å². The Hall–Kier alpha value is -0.570. The minimum absolute atomic E-state index is 0.174. The molecule has 0 aliphatic heterocycles. The van der Waals surface area contributed by atoms with Gasteiger partial charge in [0.1, 0.15) is 0 Å². The lowest BCUT2D eigenvalue weighted by Crippen LogP contribution is -2.50. The number of carbonyl (C=O) groups is 1. The van der Waals surface area contributed by atoms with E-state index in [1.54, 1.807) is 0 Å². The molecule has 0 aromatic heterocycles. The van der Waals surface area contributed by atoms with Crippen molar-refractivity contribution in [3.05, 3.63) is 0 Å². The summed E-state index contributed by atoms with van der Waals surface area (Å²) in [5.41, 5.74) is 5.30. The van der Waals surface area contributed by atoms with Gasteiger partial charge in [0, 0.05) is 0 Å². The van der Waals surface area contributed by atoms with E-state index >= 15 is 0 Å². The summed E-state index contributed by atoms with van der Waals surface area (Å²) in [6, 6.07) is -0.174. The fourth-order valence-corrected chi connectivity index (χ4v) is 4.78. The summed E-state index contributed by atoms with van der Waals surface area (Å²) in [7, 11) is 0. The first-order valence-corrected chi connectivity index (χ1v) is 7.16. The first kappa shape index (κ1) is 11.5. The number of nitrogens with one attached hydrogen (secondary N) is 1. The molecule has 0 radical (unpaired) electrons. The van der Waals surface area contributed by atoms with Crippen LogP contribution in [0, 0.1) is 29.6 Å². The lowest BCUT2D eigenvalue weighted by molar-refractivity contribution is -0.119. The number of hydrogen-bond acceptors (Lipinski definition) is 2. The van der Waals surface area contributed by atoms with Crippen LogP contribution in [-0.4, -0.2) is 18.5 Å². The Morgan fingerprint density at radius 2 is 1.71 bits per heavy atom. The second-order valence-corrected chi connectivity index (χ2v) is 6.63. The molecule has 1 unspecified atom stereocenters. The van der Waals surface area contributed by atoms with Gasteiger partial charge < -0.3 is 11.1 Å². The third-order valence-electron chi connectivity index (χ3n) is 5.51. The van der Waals surface area contributed by atoms with Crippen LogP contribution < -0.4 is 11.1 Å². The Morgan fingerprint density at radius 1 is 1.18 bits per heavy atom. The second-order valence-electron chi connectivity index (χ2n) is 6.63. The molecule has 4 saturated carbocycles. The standard InChI is InChI=1S/C14H24N2O/c1-8(14(15)17)16-7-13-11-3-9-2-10(5-11)6-12(13)4-9/h8-13,16H,2-7H2,1H3,(H2,15,17). The molecule has 1 amide bonds. The van der Waals surface area contributed by atoms with Crippen LogP contribution in [0.4, 0.5) is 0 Å². The Labute approximate surface area is 104 Å². The van der Waals surface area contributed by atoms with Crippen molar-refractivity contribution in [1.29, 1.82) is 0 Å². The molecule has 4 bridgehead atoms. The highest BCUT2D eigenvalue weighted by atomic mass is 16.1. The molecule has 0 heterocycles. The Balaban J connectivity index is 1.59. The van der Waals surface area contributed by atoms with E-state index in [4.69, 9.17) is 5.73 Å². The Kier molecular flexibility index (Phi) is 2.89. The monoisotopic (exact) mass is 236 g/mol. The number of primary amides is 1. The van der Waals surface area contributed by atoms with Crippen LogP contribution >= 0.6 is 0 Å². The molecule has 4 rings (SSSR count). The summed E-state index contributed by atoms with van der Waals surface area (Å²) in [4.78, 5) is 11.0. The normalized spacial score (nSPS) is 44.9. The van der Waals surface area contributed by atoms with Gasteiger partial charge in [-0.15, -0.1) is 0 Å². The molecule has 0 aromatic rings. The number of rotatable bonds is 4. The van der Waals surface area contributed by atoms with Gasteiger partial charge in [-0.05, 0) is 75.2 Å². The van der Waals surface area contributed by atoms with Crippen molar-refractivity contribution in [2.45, 2.75) is 45.1 Å².